The van der Waals surface area contributed by atoms with Crippen molar-refractivity contribution in [3.63, 3.8) is 0 Å². The first kappa shape index (κ1) is 21.7. The molecule has 0 fully saturated rings. The van der Waals surface area contributed by atoms with Gasteiger partial charge in [-0.05, 0) is 23.7 Å². The average Bonchev–Trinajstić information content (AvgIpc) is 2.11. The molecular formula is C11H25F6PS. The number of rotatable bonds is 8. The van der Waals surface area contributed by atoms with Crippen LogP contribution in [0.25, 0.3) is 0 Å². The molecule has 0 bridgehead atoms. The summed E-state index contributed by atoms with van der Waals surface area (Å²) in [5.41, 5.74) is 0. The fourth-order valence-electron chi connectivity index (χ4n) is 1.35. The van der Waals surface area contributed by atoms with Crippen molar-refractivity contribution in [1.29, 1.82) is 0 Å². The standard InChI is InChI=1S/C11H25S.F6P/c1-4-5-6-7-8-9-10-11-12(2)3;1-7(2,3,4,5)6/h4-11H2,1-3H3;/q+1;-1. The molecule has 0 aliphatic heterocycles. The summed E-state index contributed by atoms with van der Waals surface area (Å²) in [6.45, 7) is 2.28. The van der Waals surface area contributed by atoms with E-state index < -0.39 is 7.81 Å². The molecule has 0 aliphatic carbocycles. The summed E-state index contributed by atoms with van der Waals surface area (Å²) < 4.78 is 59.2. The second kappa shape index (κ2) is 7.96. The van der Waals surface area contributed by atoms with E-state index in [9.17, 15) is 25.2 Å². The third kappa shape index (κ3) is 56.1. The van der Waals surface area contributed by atoms with Gasteiger partial charge < -0.3 is 0 Å². The molecule has 0 unspecified atom stereocenters. The quantitative estimate of drug-likeness (QED) is 0.194. The zero-order valence-electron chi connectivity index (χ0n) is 11.8. The molecule has 0 nitrogen and oxygen atoms in total. The summed E-state index contributed by atoms with van der Waals surface area (Å²) in [4.78, 5) is 0. The Morgan fingerprint density at radius 2 is 1.00 bits per heavy atom. The van der Waals surface area contributed by atoms with Gasteiger partial charge in [0, 0.05) is 0 Å². The average molecular weight is 334 g/mol. The van der Waals surface area contributed by atoms with E-state index in [2.05, 4.69) is 19.4 Å². The Hall–Kier alpha value is 0.360. The van der Waals surface area contributed by atoms with Crippen LogP contribution in [0.1, 0.15) is 51.9 Å². The monoisotopic (exact) mass is 334 g/mol. The topological polar surface area (TPSA) is 0 Å². The van der Waals surface area contributed by atoms with Gasteiger partial charge in [0.25, 0.3) is 0 Å². The van der Waals surface area contributed by atoms with Gasteiger partial charge in [0.2, 0.25) is 0 Å². The Labute approximate surface area is 114 Å². The number of unbranched alkanes of at least 4 members (excludes halogenated alkanes) is 6. The zero-order chi connectivity index (χ0) is 15.6. The zero-order valence-corrected chi connectivity index (χ0v) is 13.5. The predicted octanol–water partition coefficient (Wildman–Crippen LogP) is 7.00. The van der Waals surface area contributed by atoms with E-state index in [0.717, 1.165) is 0 Å². The molecule has 0 rings (SSSR count). The number of halogens is 6. The number of hydrogen-bond donors (Lipinski definition) is 0. The van der Waals surface area contributed by atoms with Crippen LogP contribution in [0.4, 0.5) is 25.2 Å². The molecule has 0 atom stereocenters. The molecule has 19 heavy (non-hydrogen) atoms. The molecule has 0 saturated carbocycles. The van der Waals surface area contributed by atoms with Crippen molar-refractivity contribution in [2.45, 2.75) is 51.9 Å². The van der Waals surface area contributed by atoms with Crippen molar-refractivity contribution in [2.75, 3.05) is 18.3 Å². The first-order valence-electron chi connectivity index (χ1n) is 6.33. The Morgan fingerprint density at radius 3 is 1.32 bits per heavy atom. The summed E-state index contributed by atoms with van der Waals surface area (Å²) >= 11 is 0. The van der Waals surface area contributed by atoms with Crippen LogP contribution in [0, 0.1) is 0 Å². The normalized spacial score (nSPS) is 15.5. The van der Waals surface area contributed by atoms with E-state index in [-0.39, 0.29) is 0 Å². The van der Waals surface area contributed by atoms with Crippen molar-refractivity contribution in [2.24, 2.45) is 0 Å². The summed E-state index contributed by atoms with van der Waals surface area (Å²) in [5, 5.41) is 0. The van der Waals surface area contributed by atoms with E-state index in [1.807, 2.05) is 0 Å². The van der Waals surface area contributed by atoms with Crippen LogP contribution in [0.15, 0.2) is 0 Å². The van der Waals surface area contributed by atoms with Gasteiger partial charge in [0.05, 0.1) is 12.5 Å². The SMILES string of the molecule is CCCCCCCCC[S+](C)C.F[P-](F)(F)(F)(F)F. The predicted molar refractivity (Wildman–Crippen MR) is 75.6 cm³/mol. The minimum atomic E-state index is -10.7. The Kier molecular flexibility index (Phi) is 9.08. The van der Waals surface area contributed by atoms with Gasteiger partial charge in [0.1, 0.15) is 5.75 Å². The van der Waals surface area contributed by atoms with Crippen LogP contribution < -0.4 is 0 Å². The molecule has 0 saturated heterocycles. The van der Waals surface area contributed by atoms with Gasteiger partial charge in [-0.25, -0.2) is 0 Å². The molecule has 0 amide bonds. The van der Waals surface area contributed by atoms with Gasteiger partial charge in [0.15, 0.2) is 0 Å². The van der Waals surface area contributed by atoms with E-state index in [1.54, 1.807) is 0 Å². The van der Waals surface area contributed by atoms with E-state index >= 15 is 0 Å². The summed E-state index contributed by atoms with van der Waals surface area (Å²) in [6.07, 6.45) is 14.8. The molecule has 0 aromatic rings. The molecule has 8 heteroatoms. The van der Waals surface area contributed by atoms with Gasteiger partial charge in [-0.2, -0.15) is 0 Å². The van der Waals surface area contributed by atoms with Crippen LogP contribution in [0.5, 0.6) is 0 Å². The Balaban J connectivity index is 0. The van der Waals surface area contributed by atoms with E-state index in [0.29, 0.717) is 10.9 Å². The van der Waals surface area contributed by atoms with E-state index in [1.165, 1.54) is 50.7 Å². The number of hydrogen-bond acceptors (Lipinski definition) is 0. The molecule has 0 aromatic heterocycles. The third-order valence-corrected chi connectivity index (χ3v) is 3.26. The van der Waals surface area contributed by atoms with Crippen molar-refractivity contribution in [3.05, 3.63) is 0 Å². The molecule has 0 N–H and O–H groups in total. The van der Waals surface area contributed by atoms with Gasteiger partial charge in [-0.15, -0.1) is 0 Å². The first-order valence-corrected chi connectivity index (χ1v) is 10.6. The minimum absolute atomic E-state index is 0.676. The van der Waals surface area contributed by atoms with Crippen LogP contribution >= 0.6 is 7.81 Å². The molecule has 0 aromatic carbocycles. The molecule has 0 spiro atoms. The van der Waals surface area contributed by atoms with Crippen molar-refractivity contribution in [3.8, 4) is 0 Å². The van der Waals surface area contributed by atoms with Crippen molar-refractivity contribution < 1.29 is 25.2 Å². The maximum absolute atomic E-state index is 10.7. The first-order chi connectivity index (χ1) is 8.22. The summed E-state index contributed by atoms with van der Waals surface area (Å²) in [5.74, 6) is 1.45. The Morgan fingerprint density at radius 1 is 0.684 bits per heavy atom. The van der Waals surface area contributed by atoms with Gasteiger partial charge in [-0.1, -0.05) is 39.0 Å². The maximum atomic E-state index is 9.87. The second-order valence-electron chi connectivity index (χ2n) is 4.77. The molecule has 122 valence electrons. The summed E-state index contributed by atoms with van der Waals surface area (Å²) in [7, 11) is -9.98. The van der Waals surface area contributed by atoms with Gasteiger partial charge >= 0.3 is 33.0 Å². The second-order valence-corrected chi connectivity index (χ2v) is 9.07. The fourth-order valence-corrected chi connectivity index (χ4v) is 2.13. The van der Waals surface area contributed by atoms with Gasteiger partial charge in [-0.3, -0.25) is 0 Å². The van der Waals surface area contributed by atoms with Crippen LogP contribution in [-0.4, -0.2) is 18.3 Å². The fraction of sp³-hybridized carbons (Fsp3) is 1.00. The molecular weight excluding hydrogens is 309 g/mol. The van der Waals surface area contributed by atoms with Crippen LogP contribution in [0.3, 0.4) is 0 Å². The van der Waals surface area contributed by atoms with Crippen LogP contribution in [0.2, 0.25) is 0 Å². The molecule has 0 radical (unpaired) electrons. The van der Waals surface area contributed by atoms with Crippen molar-refractivity contribution >= 4 is 18.7 Å². The van der Waals surface area contributed by atoms with Crippen molar-refractivity contribution in [1.82, 2.24) is 0 Å². The summed E-state index contributed by atoms with van der Waals surface area (Å²) in [6, 6.07) is 0. The Bertz CT molecular complexity index is 211. The molecule has 0 heterocycles. The van der Waals surface area contributed by atoms with Crippen LogP contribution in [-0.2, 0) is 10.9 Å². The third-order valence-electron chi connectivity index (χ3n) is 2.16. The molecule has 0 aliphatic rings. The van der Waals surface area contributed by atoms with E-state index in [4.69, 9.17) is 0 Å².